The predicted octanol–water partition coefficient (Wildman–Crippen LogP) is 3.52. The normalized spacial score (nSPS) is 24.6. The van der Waals surface area contributed by atoms with E-state index in [0.29, 0.717) is 45.9 Å². The van der Waals surface area contributed by atoms with Crippen molar-refractivity contribution in [3.8, 4) is 0 Å². The van der Waals surface area contributed by atoms with Crippen LogP contribution in [0.25, 0.3) is 0 Å². The number of carbonyl (C=O) groups excluding carboxylic acids is 1. The second-order valence-electron chi connectivity index (χ2n) is 10.5. The Kier molecular flexibility index (Phi) is 7.96. The summed E-state index contributed by atoms with van der Waals surface area (Å²) in [6.45, 7) is 12.7. The number of carbonyl (C=O) groups is 1. The molecule has 5 rings (SSSR count). The number of nitrogens with one attached hydrogen (secondary N) is 2. The summed E-state index contributed by atoms with van der Waals surface area (Å²) in [5.74, 6) is 1.63. The molecule has 2 N–H and O–H groups in total. The summed E-state index contributed by atoms with van der Waals surface area (Å²) in [6, 6.07) is 3.97. The van der Waals surface area contributed by atoms with Gasteiger partial charge in [0.1, 0.15) is 11.0 Å². The van der Waals surface area contributed by atoms with Crippen molar-refractivity contribution in [2.24, 2.45) is 23.2 Å². The number of hydrogen-bond donors (Lipinski definition) is 2. The highest BCUT2D eigenvalue weighted by Gasteiger charge is 2.57. The zero-order valence-corrected chi connectivity index (χ0v) is 22.7. The summed E-state index contributed by atoms with van der Waals surface area (Å²) in [6.07, 6.45) is 7.43. The Balaban J connectivity index is 1.44. The number of amides is 1. The van der Waals surface area contributed by atoms with Crippen molar-refractivity contribution in [3.05, 3.63) is 51.1 Å². The number of aromatic nitrogens is 3. The Bertz CT molecular complexity index is 1080. The van der Waals surface area contributed by atoms with E-state index in [4.69, 9.17) is 0 Å². The van der Waals surface area contributed by atoms with Crippen molar-refractivity contribution in [1.29, 1.82) is 0 Å². The molecule has 190 valence electrons. The largest absolute Gasteiger partial charge is 0.380 e. The summed E-state index contributed by atoms with van der Waals surface area (Å²) < 4.78 is 1.63. The lowest BCUT2D eigenvalue weighted by atomic mass is 9.44. The second kappa shape index (κ2) is 10.8. The molecule has 0 spiro atoms. The molecule has 2 aromatic heterocycles. The molecule has 9 heteroatoms. The van der Waals surface area contributed by atoms with Crippen molar-refractivity contribution >= 4 is 27.5 Å². The van der Waals surface area contributed by atoms with Crippen LogP contribution in [0.2, 0.25) is 0 Å². The molecule has 3 aliphatic carbocycles. The Morgan fingerprint density at radius 2 is 1.94 bits per heavy atom. The number of nitrogens with zero attached hydrogens (tertiary/aromatic N) is 4. The van der Waals surface area contributed by atoms with E-state index in [2.05, 4.69) is 69.2 Å². The standard InChI is InChI=1S/C26H37BrN6O2/c1-5-32(6-2)15-19-20-11-18(26(20,3)4)12-21(19)31-22-14-30-33(25(35)24(22)27)16-23(34)29-13-17-7-9-28-10-8-17/h7-10,14,18-21,31H,5-6,11-13,15-16H2,1-4H3,(H,29,34)/t18-,19-,20+,21-/m1/s1. The fourth-order valence-electron chi connectivity index (χ4n) is 5.92. The molecular formula is C26H37BrN6O2. The lowest BCUT2D eigenvalue weighted by molar-refractivity contribution is -0.122. The third kappa shape index (κ3) is 5.45. The smallest absolute Gasteiger partial charge is 0.283 e. The van der Waals surface area contributed by atoms with Gasteiger partial charge in [-0.25, -0.2) is 4.68 Å². The van der Waals surface area contributed by atoms with Gasteiger partial charge in [0, 0.05) is 31.5 Å². The minimum atomic E-state index is -0.310. The van der Waals surface area contributed by atoms with Crippen LogP contribution in [0.15, 0.2) is 40.0 Å². The van der Waals surface area contributed by atoms with Gasteiger partial charge in [-0.3, -0.25) is 14.6 Å². The van der Waals surface area contributed by atoms with Gasteiger partial charge in [0.25, 0.3) is 5.56 Å². The molecule has 1 amide bonds. The van der Waals surface area contributed by atoms with Gasteiger partial charge >= 0.3 is 0 Å². The number of hydrogen-bond acceptors (Lipinski definition) is 6. The summed E-state index contributed by atoms with van der Waals surface area (Å²) in [4.78, 5) is 31.9. The van der Waals surface area contributed by atoms with Crippen LogP contribution >= 0.6 is 15.9 Å². The first kappa shape index (κ1) is 25.8. The molecule has 2 bridgehead atoms. The van der Waals surface area contributed by atoms with Crippen LogP contribution < -0.4 is 16.2 Å². The lowest BCUT2D eigenvalue weighted by Gasteiger charge is -2.63. The maximum atomic E-state index is 13.0. The van der Waals surface area contributed by atoms with Crippen LogP contribution in [0.3, 0.4) is 0 Å². The van der Waals surface area contributed by atoms with E-state index in [9.17, 15) is 9.59 Å². The first-order chi connectivity index (χ1) is 16.7. The molecule has 8 nitrogen and oxygen atoms in total. The maximum absolute atomic E-state index is 13.0. The SMILES string of the molecule is CCN(CC)C[C@H]1[C@H](Nc2cnn(CC(=O)NCc3ccncc3)c(=O)c2Br)C[C@H]2C[C@@H]1C2(C)C. The predicted molar refractivity (Wildman–Crippen MR) is 141 cm³/mol. The Morgan fingerprint density at radius 1 is 1.23 bits per heavy atom. The van der Waals surface area contributed by atoms with E-state index in [1.54, 1.807) is 18.6 Å². The summed E-state index contributed by atoms with van der Waals surface area (Å²) in [5.41, 5.74) is 1.72. The van der Waals surface area contributed by atoms with Crippen LogP contribution in [0.5, 0.6) is 0 Å². The van der Waals surface area contributed by atoms with Gasteiger partial charge in [-0.1, -0.05) is 27.7 Å². The van der Waals surface area contributed by atoms with E-state index in [-0.39, 0.29) is 18.0 Å². The van der Waals surface area contributed by atoms with E-state index in [0.717, 1.165) is 31.6 Å². The molecule has 3 fully saturated rings. The van der Waals surface area contributed by atoms with Crippen LogP contribution in [-0.4, -0.2) is 51.2 Å². The highest BCUT2D eigenvalue weighted by molar-refractivity contribution is 9.10. The molecule has 4 atom stereocenters. The molecule has 3 aliphatic rings. The monoisotopic (exact) mass is 544 g/mol. The quantitative estimate of drug-likeness (QED) is 0.475. The van der Waals surface area contributed by atoms with Gasteiger partial charge in [0.05, 0.1) is 11.9 Å². The Labute approximate surface area is 216 Å². The molecule has 3 saturated carbocycles. The van der Waals surface area contributed by atoms with Gasteiger partial charge in [-0.05, 0) is 82.7 Å². The van der Waals surface area contributed by atoms with E-state index < -0.39 is 0 Å². The molecular weight excluding hydrogens is 508 g/mol. The molecule has 2 aromatic rings. The highest BCUT2D eigenvalue weighted by atomic mass is 79.9. The third-order valence-electron chi connectivity index (χ3n) is 8.34. The third-order valence-corrected chi connectivity index (χ3v) is 9.11. The Morgan fingerprint density at radius 3 is 2.60 bits per heavy atom. The number of fused-ring (bicyclic) bond motifs is 2. The molecule has 0 saturated heterocycles. The number of pyridine rings is 1. The highest BCUT2D eigenvalue weighted by Crippen LogP contribution is 2.61. The average molecular weight is 546 g/mol. The first-order valence-electron chi connectivity index (χ1n) is 12.6. The fraction of sp³-hybridized carbons (Fsp3) is 0.615. The van der Waals surface area contributed by atoms with Crippen molar-refractivity contribution in [1.82, 2.24) is 25.0 Å². The lowest BCUT2D eigenvalue weighted by Crippen LogP contribution is -2.61. The molecule has 0 aromatic carbocycles. The number of anilines is 1. The van der Waals surface area contributed by atoms with Crippen LogP contribution in [-0.2, 0) is 17.9 Å². The number of halogens is 1. The van der Waals surface area contributed by atoms with Crippen molar-refractivity contribution in [3.63, 3.8) is 0 Å². The fourth-order valence-corrected chi connectivity index (χ4v) is 6.34. The van der Waals surface area contributed by atoms with Crippen LogP contribution in [0, 0.1) is 23.2 Å². The van der Waals surface area contributed by atoms with Crippen LogP contribution in [0.4, 0.5) is 5.69 Å². The van der Waals surface area contributed by atoms with E-state index in [1.807, 2.05) is 12.1 Å². The van der Waals surface area contributed by atoms with Gasteiger partial charge in [-0.15, -0.1) is 0 Å². The Hall–Kier alpha value is -2.26. The minimum Gasteiger partial charge on any atom is -0.380 e. The van der Waals surface area contributed by atoms with Gasteiger partial charge in [0.2, 0.25) is 5.91 Å². The van der Waals surface area contributed by atoms with Gasteiger partial charge in [0.15, 0.2) is 0 Å². The topological polar surface area (TPSA) is 92.2 Å². The molecule has 0 unspecified atom stereocenters. The summed E-state index contributed by atoms with van der Waals surface area (Å²) in [7, 11) is 0. The molecule has 0 aliphatic heterocycles. The second-order valence-corrected chi connectivity index (χ2v) is 11.3. The molecule has 2 heterocycles. The van der Waals surface area contributed by atoms with Crippen molar-refractivity contribution < 1.29 is 4.79 Å². The summed E-state index contributed by atoms with van der Waals surface area (Å²) >= 11 is 3.49. The van der Waals surface area contributed by atoms with Crippen LogP contribution in [0.1, 0.15) is 46.1 Å². The number of rotatable bonds is 10. The van der Waals surface area contributed by atoms with E-state index in [1.165, 1.54) is 11.1 Å². The van der Waals surface area contributed by atoms with Gasteiger partial charge in [-0.2, -0.15) is 5.10 Å². The zero-order valence-electron chi connectivity index (χ0n) is 21.1. The zero-order chi connectivity index (χ0) is 25.2. The van der Waals surface area contributed by atoms with Crippen molar-refractivity contribution in [2.75, 3.05) is 25.0 Å². The first-order valence-corrected chi connectivity index (χ1v) is 13.4. The van der Waals surface area contributed by atoms with Crippen molar-refractivity contribution in [2.45, 2.75) is 59.7 Å². The van der Waals surface area contributed by atoms with E-state index >= 15 is 0 Å². The maximum Gasteiger partial charge on any atom is 0.283 e. The average Bonchev–Trinajstić information content (AvgIpc) is 2.86. The van der Waals surface area contributed by atoms with Gasteiger partial charge < -0.3 is 15.5 Å². The summed E-state index contributed by atoms with van der Waals surface area (Å²) in [5, 5.41) is 10.8. The molecule has 0 radical (unpaired) electrons. The molecule has 35 heavy (non-hydrogen) atoms. The minimum absolute atomic E-state index is 0.130.